The molecule has 0 fully saturated rings. The Kier molecular flexibility index (Phi) is 5.22. The summed E-state index contributed by atoms with van der Waals surface area (Å²) in [5, 5.41) is 13.1. The van der Waals surface area contributed by atoms with Crippen LogP contribution in [0, 0.1) is 13.8 Å². The summed E-state index contributed by atoms with van der Waals surface area (Å²) >= 11 is 0. The highest BCUT2D eigenvalue weighted by Crippen LogP contribution is 2.21. The van der Waals surface area contributed by atoms with Gasteiger partial charge in [-0.1, -0.05) is 13.3 Å². The number of nitrogens with zero attached hydrogens (tertiary/aromatic N) is 3. The molecule has 2 aromatic rings. The van der Waals surface area contributed by atoms with Crippen molar-refractivity contribution in [2.75, 3.05) is 11.9 Å². The van der Waals surface area contributed by atoms with E-state index in [4.69, 9.17) is 0 Å². The zero-order chi connectivity index (χ0) is 15.2. The molecule has 21 heavy (non-hydrogen) atoms. The second kappa shape index (κ2) is 7.13. The molecule has 0 amide bonds. The van der Waals surface area contributed by atoms with Crippen LogP contribution in [0.5, 0.6) is 0 Å². The van der Waals surface area contributed by atoms with Crippen LogP contribution in [-0.2, 0) is 0 Å². The summed E-state index contributed by atoms with van der Waals surface area (Å²) in [4.78, 5) is 13.2. The number of aromatic nitrogens is 3. The summed E-state index contributed by atoms with van der Waals surface area (Å²) in [6, 6.07) is 3.80. The van der Waals surface area contributed by atoms with Crippen LogP contribution in [0.2, 0.25) is 0 Å². The van der Waals surface area contributed by atoms with E-state index >= 15 is 0 Å². The lowest BCUT2D eigenvalue weighted by atomic mass is 10.2. The van der Waals surface area contributed by atoms with E-state index in [0.29, 0.717) is 12.4 Å². The highest BCUT2D eigenvalue weighted by molar-refractivity contribution is 5.58. The Bertz CT molecular complexity index is 586. The maximum atomic E-state index is 9.84. The fourth-order valence-corrected chi connectivity index (χ4v) is 2.07. The van der Waals surface area contributed by atoms with Crippen molar-refractivity contribution in [3.05, 3.63) is 35.8 Å². The number of pyridine rings is 1. The second-order valence-electron chi connectivity index (χ2n) is 5.17. The molecule has 1 atom stereocenters. The summed E-state index contributed by atoms with van der Waals surface area (Å²) in [5.74, 6) is 1.43. The third kappa shape index (κ3) is 3.98. The molecule has 0 aliphatic rings. The van der Waals surface area contributed by atoms with Gasteiger partial charge in [-0.2, -0.15) is 0 Å². The van der Waals surface area contributed by atoms with Crippen LogP contribution in [0.1, 0.15) is 31.0 Å². The average Bonchev–Trinajstić information content (AvgIpc) is 2.50. The Labute approximate surface area is 125 Å². The van der Waals surface area contributed by atoms with Crippen molar-refractivity contribution in [3.8, 4) is 11.4 Å². The van der Waals surface area contributed by atoms with Crippen molar-refractivity contribution in [1.82, 2.24) is 15.0 Å². The summed E-state index contributed by atoms with van der Waals surface area (Å²) < 4.78 is 0. The molecule has 2 aromatic heterocycles. The van der Waals surface area contributed by atoms with Crippen LogP contribution in [0.25, 0.3) is 11.4 Å². The summed E-state index contributed by atoms with van der Waals surface area (Å²) in [7, 11) is 0. The third-order valence-electron chi connectivity index (χ3n) is 3.44. The molecule has 5 nitrogen and oxygen atoms in total. The predicted octanol–water partition coefficient (Wildman–Crippen LogP) is 2.73. The molecule has 2 heterocycles. The highest BCUT2D eigenvalue weighted by Gasteiger charge is 2.11. The number of anilines is 1. The first-order chi connectivity index (χ1) is 10.1. The molecule has 0 saturated heterocycles. The van der Waals surface area contributed by atoms with Gasteiger partial charge in [-0.3, -0.25) is 4.98 Å². The average molecular weight is 286 g/mol. The molecule has 0 saturated carbocycles. The minimum Gasteiger partial charge on any atom is -0.391 e. The van der Waals surface area contributed by atoms with Crippen molar-refractivity contribution >= 4 is 5.82 Å². The molecule has 0 spiro atoms. The number of aryl methyl sites for hydroxylation is 1. The van der Waals surface area contributed by atoms with Gasteiger partial charge in [0, 0.05) is 35.8 Å². The Balaban J connectivity index is 2.23. The van der Waals surface area contributed by atoms with Crippen molar-refractivity contribution in [1.29, 1.82) is 0 Å². The number of aliphatic hydroxyl groups excluding tert-OH is 1. The van der Waals surface area contributed by atoms with Gasteiger partial charge in [0.25, 0.3) is 0 Å². The zero-order valence-electron chi connectivity index (χ0n) is 12.8. The van der Waals surface area contributed by atoms with Crippen LogP contribution in [0.3, 0.4) is 0 Å². The lowest BCUT2D eigenvalue weighted by molar-refractivity contribution is 0.176. The minimum atomic E-state index is -0.355. The molecule has 0 aliphatic heterocycles. The maximum absolute atomic E-state index is 9.84. The standard InChI is InChI=1S/C16H22N4O/c1-4-6-14(21)10-18-15-11(2)12(3)19-16(20-15)13-7-5-8-17-9-13/h5,7-9,14,21H,4,6,10H2,1-3H3,(H,18,19,20). The molecule has 0 bridgehead atoms. The first kappa shape index (κ1) is 15.4. The summed E-state index contributed by atoms with van der Waals surface area (Å²) in [6.45, 7) is 6.50. The van der Waals surface area contributed by atoms with E-state index < -0.39 is 0 Å². The van der Waals surface area contributed by atoms with Crippen LogP contribution >= 0.6 is 0 Å². The zero-order valence-corrected chi connectivity index (χ0v) is 12.8. The molecule has 0 aliphatic carbocycles. The second-order valence-corrected chi connectivity index (χ2v) is 5.17. The third-order valence-corrected chi connectivity index (χ3v) is 3.44. The topological polar surface area (TPSA) is 70.9 Å². The molecule has 0 radical (unpaired) electrons. The molecule has 112 valence electrons. The van der Waals surface area contributed by atoms with Crippen LogP contribution in [0.4, 0.5) is 5.82 Å². The maximum Gasteiger partial charge on any atom is 0.163 e. The van der Waals surface area contributed by atoms with E-state index in [-0.39, 0.29) is 6.10 Å². The van der Waals surface area contributed by atoms with Crippen LogP contribution in [0.15, 0.2) is 24.5 Å². The van der Waals surface area contributed by atoms with E-state index in [0.717, 1.165) is 35.5 Å². The Morgan fingerprint density at radius 3 is 2.76 bits per heavy atom. The van der Waals surface area contributed by atoms with Crippen molar-refractivity contribution in [2.45, 2.75) is 39.7 Å². The van der Waals surface area contributed by atoms with Gasteiger partial charge in [0.15, 0.2) is 5.82 Å². The van der Waals surface area contributed by atoms with Gasteiger partial charge in [-0.25, -0.2) is 9.97 Å². The van der Waals surface area contributed by atoms with E-state index in [2.05, 4.69) is 27.2 Å². The lowest BCUT2D eigenvalue weighted by Gasteiger charge is -2.15. The molecular weight excluding hydrogens is 264 g/mol. The van der Waals surface area contributed by atoms with Gasteiger partial charge in [-0.15, -0.1) is 0 Å². The smallest absolute Gasteiger partial charge is 0.163 e. The number of aliphatic hydroxyl groups is 1. The van der Waals surface area contributed by atoms with Gasteiger partial charge in [-0.05, 0) is 32.4 Å². The van der Waals surface area contributed by atoms with Crippen LogP contribution < -0.4 is 5.32 Å². The molecule has 2 rings (SSSR count). The Hall–Kier alpha value is -2.01. The van der Waals surface area contributed by atoms with Gasteiger partial charge in [0.1, 0.15) is 5.82 Å². The van der Waals surface area contributed by atoms with E-state index in [1.807, 2.05) is 26.0 Å². The number of nitrogens with one attached hydrogen (secondary N) is 1. The Morgan fingerprint density at radius 2 is 2.10 bits per heavy atom. The first-order valence-electron chi connectivity index (χ1n) is 7.29. The van der Waals surface area contributed by atoms with Gasteiger partial charge < -0.3 is 10.4 Å². The summed E-state index contributed by atoms with van der Waals surface area (Å²) in [5.41, 5.74) is 2.82. The normalized spacial score (nSPS) is 12.2. The quantitative estimate of drug-likeness (QED) is 0.854. The molecule has 5 heteroatoms. The minimum absolute atomic E-state index is 0.355. The highest BCUT2D eigenvalue weighted by atomic mass is 16.3. The summed E-state index contributed by atoms with van der Waals surface area (Å²) in [6.07, 6.45) is 4.87. The number of hydrogen-bond donors (Lipinski definition) is 2. The van der Waals surface area contributed by atoms with Crippen molar-refractivity contribution in [2.24, 2.45) is 0 Å². The lowest BCUT2D eigenvalue weighted by Crippen LogP contribution is -2.20. The fourth-order valence-electron chi connectivity index (χ4n) is 2.07. The molecule has 2 N–H and O–H groups in total. The van der Waals surface area contributed by atoms with Crippen LogP contribution in [-0.4, -0.2) is 32.7 Å². The SMILES string of the molecule is CCCC(O)CNc1nc(-c2cccnc2)nc(C)c1C. The fraction of sp³-hybridized carbons (Fsp3) is 0.438. The van der Waals surface area contributed by atoms with Gasteiger partial charge in [0.2, 0.25) is 0 Å². The van der Waals surface area contributed by atoms with Gasteiger partial charge in [0.05, 0.1) is 6.10 Å². The van der Waals surface area contributed by atoms with Crippen molar-refractivity contribution < 1.29 is 5.11 Å². The van der Waals surface area contributed by atoms with E-state index in [1.165, 1.54) is 0 Å². The monoisotopic (exact) mass is 286 g/mol. The Morgan fingerprint density at radius 1 is 1.29 bits per heavy atom. The molecule has 1 unspecified atom stereocenters. The molecular formula is C16H22N4O. The first-order valence-corrected chi connectivity index (χ1v) is 7.29. The molecule has 0 aromatic carbocycles. The van der Waals surface area contributed by atoms with E-state index in [1.54, 1.807) is 12.4 Å². The van der Waals surface area contributed by atoms with Crippen molar-refractivity contribution in [3.63, 3.8) is 0 Å². The number of hydrogen-bond acceptors (Lipinski definition) is 5. The van der Waals surface area contributed by atoms with E-state index in [9.17, 15) is 5.11 Å². The predicted molar refractivity (Wildman–Crippen MR) is 84.1 cm³/mol. The largest absolute Gasteiger partial charge is 0.391 e. The number of rotatable bonds is 6. The van der Waals surface area contributed by atoms with Gasteiger partial charge >= 0.3 is 0 Å².